The Hall–Kier alpha value is -3.13. The summed E-state index contributed by atoms with van der Waals surface area (Å²) in [5, 5.41) is 5.41. The maximum absolute atomic E-state index is 12.8. The van der Waals surface area contributed by atoms with E-state index >= 15 is 0 Å². The molecule has 1 fully saturated rings. The first kappa shape index (κ1) is 22.6. The van der Waals surface area contributed by atoms with E-state index in [0.717, 1.165) is 22.9 Å². The van der Waals surface area contributed by atoms with Gasteiger partial charge >= 0.3 is 0 Å². The zero-order valence-corrected chi connectivity index (χ0v) is 18.5. The SMILES string of the molecule is Cc1ccccc1C(=O)NC(C(=O)Nc1ccc(CN2C(=O)CSC2=O)cc1)C(C)C. The zero-order valence-electron chi connectivity index (χ0n) is 17.7. The van der Waals surface area contributed by atoms with Crippen molar-refractivity contribution < 1.29 is 19.2 Å². The number of amides is 4. The molecular formula is C23H25N3O4S. The largest absolute Gasteiger partial charge is 0.340 e. The number of rotatable bonds is 7. The highest BCUT2D eigenvalue weighted by atomic mass is 32.2. The molecule has 7 nitrogen and oxygen atoms in total. The molecule has 162 valence electrons. The Bertz CT molecular complexity index is 988. The van der Waals surface area contributed by atoms with Gasteiger partial charge < -0.3 is 10.6 Å². The van der Waals surface area contributed by atoms with Crippen molar-refractivity contribution in [1.82, 2.24) is 10.2 Å². The van der Waals surface area contributed by atoms with Crippen LogP contribution in [0.4, 0.5) is 10.5 Å². The van der Waals surface area contributed by atoms with Crippen molar-refractivity contribution >= 4 is 40.4 Å². The summed E-state index contributed by atoms with van der Waals surface area (Å²) in [4.78, 5) is 50.2. The van der Waals surface area contributed by atoms with Crippen molar-refractivity contribution in [1.29, 1.82) is 0 Å². The summed E-state index contributed by atoms with van der Waals surface area (Å²) in [6, 6.07) is 13.5. The van der Waals surface area contributed by atoms with Crippen molar-refractivity contribution in [2.45, 2.75) is 33.4 Å². The lowest BCUT2D eigenvalue weighted by Gasteiger charge is -2.22. The van der Waals surface area contributed by atoms with E-state index in [-0.39, 0.29) is 41.2 Å². The number of hydrogen-bond acceptors (Lipinski definition) is 5. The van der Waals surface area contributed by atoms with Crippen LogP contribution in [0.25, 0.3) is 0 Å². The second kappa shape index (κ2) is 9.78. The van der Waals surface area contributed by atoms with Crippen LogP contribution in [-0.4, -0.2) is 39.7 Å². The number of carbonyl (C=O) groups excluding carboxylic acids is 4. The van der Waals surface area contributed by atoms with E-state index in [2.05, 4.69) is 10.6 Å². The van der Waals surface area contributed by atoms with Gasteiger partial charge in [0.25, 0.3) is 11.1 Å². The molecule has 0 bridgehead atoms. The minimum Gasteiger partial charge on any atom is -0.340 e. The van der Waals surface area contributed by atoms with Gasteiger partial charge in [0.15, 0.2) is 0 Å². The van der Waals surface area contributed by atoms with Gasteiger partial charge in [0.2, 0.25) is 11.8 Å². The number of imide groups is 1. The van der Waals surface area contributed by atoms with Crippen LogP contribution in [0, 0.1) is 12.8 Å². The molecule has 1 aliphatic rings. The predicted molar refractivity (Wildman–Crippen MR) is 121 cm³/mol. The van der Waals surface area contributed by atoms with Gasteiger partial charge in [0, 0.05) is 11.3 Å². The standard InChI is InChI=1S/C23H25N3O4S/c1-14(2)20(25-21(28)18-7-5-4-6-15(18)3)22(29)24-17-10-8-16(9-11-17)12-26-19(27)13-31-23(26)30/h4-11,14,20H,12-13H2,1-3H3,(H,24,29)(H,25,28). The van der Waals surface area contributed by atoms with E-state index < -0.39 is 6.04 Å². The average Bonchev–Trinajstić information content (AvgIpc) is 3.05. The first-order valence-corrected chi connectivity index (χ1v) is 11.0. The molecule has 1 aliphatic heterocycles. The number of nitrogens with one attached hydrogen (secondary N) is 2. The molecule has 0 aromatic heterocycles. The number of nitrogens with zero attached hydrogens (tertiary/aromatic N) is 1. The summed E-state index contributed by atoms with van der Waals surface area (Å²) >= 11 is 1.00. The van der Waals surface area contributed by atoms with Crippen LogP contribution >= 0.6 is 11.8 Å². The van der Waals surface area contributed by atoms with Gasteiger partial charge in [-0.25, -0.2) is 0 Å². The normalized spacial score (nSPS) is 14.6. The molecule has 0 radical (unpaired) electrons. The lowest BCUT2D eigenvalue weighted by molar-refractivity contribution is -0.125. The Labute approximate surface area is 185 Å². The highest BCUT2D eigenvalue weighted by Gasteiger charge is 2.30. The molecule has 2 N–H and O–H groups in total. The molecule has 1 saturated heterocycles. The van der Waals surface area contributed by atoms with Crippen LogP contribution in [0.2, 0.25) is 0 Å². The van der Waals surface area contributed by atoms with E-state index in [4.69, 9.17) is 0 Å². The minimum absolute atomic E-state index is 0.114. The summed E-state index contributed by atoms with van der Waals surface area (Å²) in [6.45, 7) is 5.80. The summed E-state index contributed by atoms with van der Waals surface area (Å²) in [6.07, 6.45) is 0. The van der Waals surface area contributed by atoms with Gasteiger partial charge in [0.05, 0.1) is 12.3 Å². The second-order valence-corrected chi connectivity index (χ2v) is 8.66. The number of carbonyl (C=O) groups is 4. The molecule has 1 atom stereocenters. The van der Waals surface area contributed by atoms with Gasteiger partial charge in [0.1, 0.15) is 6.04 Å². The van der Waals surface area contributed by atoms with E-state index in [9.17, 15) is 19.2 Å². The molecule has 4 amide bonds. The average molecular weight is 440 g/mol. The molecule has 1 unspecified atom stereocenters. The molecule has 0 spiro atoms. The molecule has 2 aromatic carbocycles. The summed E-state index contributed by atoms with van der Waals surface area (Å²) < 4.78 is 0. The molecule has 2 aromatic rings. The Morgan fingerprint density at radius 3 is 2.32 bits per heavy atom. The fourth-order valence-corrected chi connectivity index (χ4v) is 3.94. The highest BCUT2D eigenvalue weighted by Crippen LogP contribution is 2.22. The number of hydrogen-bond donors (Lipinski definition) is 2. The first-order valence-electron chi connectivity index (χ1n) is 9.99. The Balaban J connectivity index is 1.64. The van der Waals surface area contributed by atoms with Crippen LogP contribution in [0.15, 0.2) is 48.5 Å². The van der Waals surface area contributed by atoms with Gasteiger partial charge in [-0.1, -0.05) is 55.9 Å². The van der Waals surface area contributed by atoms with Crippen molar-refractivity contribution in [3.63, 3.8) is 0 Å². The number of thioether (sulfide) groups is 1. The third-order valence-electron chi connectivity index (χ3n) is 5.03. The lowest BCUT2D eigenvalue weighted by Crippen LogP contribution is -2.47. The maximum atomic E-state index is 12.8. The van der Waals surface area contributed by atoms with Crippen molar-refractivity contribution in [2.75, 3.05) is 11.1 Å². The first-order chi connectivity index (χ1) is 14.8. The zero-order chi connectivity index (χ0) is 22.5. The van der Waals surface area contributed by atoms with E-state index in [0.29, 0.717) is 11.3 Å². The molecule has 3 rings (SSSR count). The van der Waals surface area contributed by atoms with E-state index in [1.807, 2.05) is 32.9 Å². The molecule has 1 heterocycles. The summed E-state index contributed by atoms with van der Waals surface area (Å²) in [5.41, 5.74) is 2.73. The fraction of sp³-hybridized carbons (Fsp3) is 0.304. The van der Waals surface area contributed by atoms with E-state index in [1.165, 1.54) is 4.90 Å². The Morgan fingerprint density at radius 2 is 1.74 bits per heavy atom. The molecule has 0 saturated carbocycles. The van der Waals surface area contributed by atoms with Gasteiger partial charge in [-0.05, 0) is 42.2 Å². The number of benzene rings is 2. The van der Waals surface area contributed by atoms with Crippen molar-refractivity contribution in [3.05, 3.63) is 65.2 Å². The van der Waals surface area contributed by atoms with Gasteiger partial charge in [-0.15, -0.1) is 0 Å². The van der Waals surface area contributed by atoms with Crippen LogP contribution in [0.3, 0.4) is 0 Å². The highest BCUT2D eigenvalue weighted by molar-refractivity contribution is 8.14. The van der Waals surface area contributed by atoms with Crippen LogP contribution in [0.1, 0.15) is 35.3 Å². The smallest absolute Gasteiger partial charge is 0.289 e. The van der Waals surface area contributed by atoms with E-state index in [1.54, 1.807) is 36.4 Å². The van der Waals surface area contributed by atoms with Crippen molar-refractivity contribution in [2.24, 2.45) is 5.92 Å². The van der Waals surface area contributed by atoms with Crippen LogP contribution in [0.5, 0.6) is 0 Å². The van der Waals surface area contributed by atoms with Crippen LogP contribution in [-0.2, 0) is 16.1 Å². The van der Waals surface area contributed by atoms with Gasteiger partial charge in [-0.2, -0.15) is 0 Å². The van der Waals surface area contributed by atoms with Crippen LogP contribution < -0.4 is 10.6 Å². The summed E-state index contributed by atoms with van der Waals surface area (Å²) in [5.74, 6) is -0.739. The third-order valence-corrected chi connectivity index (χ3v) is 5.89. The maximum Gasteiger partial charge on any atom is 0.289 e. The topological polar surface area (TPSA) is 95.6 Å². The minimum atomic E-state index is -0.705. The predicted octanol–water partition coefficient (Wildman–Crippen LogP) is 3.58. The van der Waals surface area contributed by atoms with Gasteiger partial charge in [-0.3, -0.25) is 24.1 Å². The second-order valence-electron chi connectivity index (χ2n) is 7.73. The molecule has 8 heteroatoms. The number of anilines is 1. The third kappa shape index (κ3) is 5.52. The lowest BCUT2D eigenvalue weighted by atomic mass is 10.0. The molecule has 31 heavy (non-hydrogen) atoms. The Kier molecular flexibility index (Phi) is 7.12. The quantitative estimate of drug-likeness (QED) is 0.688. The number of aryl methyl sites for hydroxylation is 1. The summed E-state index contributed by atoms with van der Waals surface area (Å²) in [7, 11) is 0. The molecular weight excluding hydrogens is 414 g/mol. The molecule has 0 aliphatic carbocycles. The Morgan fingerprint density at radius 1 is 1.06 bits per heavy atom. The van der Waals surface area contributed by atoms with Crippen molar-refractivity contribution in [3.8, 4) is 0 Å². The fourth-order valence-electron chi connectivity index (χ4n) is 3.21. The monoisotopic (exact) mass is 439 g/mol.